The van der Waals surface area contributed by atoms with Crippen LogP contribution in [-0.4, -0.2) is 50.6 Å². The van der Waals surface area contributed by atoms with Crippen LogP contribution in [0.3, 0.4) is 0 Å². The lowest BCUT2D eigenvalue weighted by Gasteiger charge is -2.35. The zero-order valence-electron chi connectivity index (χ0n) is 17.1. The zero-order valence-corrected chi connectivity index (χ0v) is 17.1. The van der Waals surface area contributed by atoms with E-state index in [1.165, 1.54) is 10.6 Å². The molecule has 1 N–H and O–H groups in total. The maximum atomic E-state index is 5.99. The molecule has 1 aliphatic rings. The monoisotopic (exact) mass is 395 g/mol. The van der Waals surface area contributed by atoms with Crippen LogP contribution in [0, 0.1) is 0 Å². The Morgan fingerprint density at radius 2 is 1.69 bits per heavy atom. The van der Waals surface area contributed by atoms with Gasteiger partial charge in [0.25, 0.3) is 5.89 Å². The van der Waals surface area contributed by atoms with Crippen LogP contribution in [0.15, 0.2) is 52.9 Å². The van der Waals surface area contributed by atoms with E-state index in [1.54, 1.807) is 14.2 Å². The Kier molecular flexibility index (Phi) is 5.67. The van der Waals surface area contributed by atoms with Gasteiger partial charge < -0.3 is 23.7 Å². The van der Waals surface area contributed by atoms with Gasteiger partial charge in [-0.15, -0.1) is 10.2 Å². The summed E-state index contributed by atoms with van der Waals surface area (Å²) in [6.07, 6.45) is 0. The Balaban J connectivity index is 1.39. The molecule has 0 spiro atoms. The number of quaternary nitrogens is 1. The molecule has 0 aliphatic carbocycles. The molecule has 2 aromatic carbocycles. The van der Waals surface area contributed by atoms with E-state index in [-0.39, 0.29) is 6.04 Å². The Morgan fingerprint density at radius 3 is 2.38 bits per heavy atom. The van der Waals surface area contributed by atoms with Gasteiger partial charge in [-0.05, 0) is 43.3 Å². The lowest BCUT2D eigenvalue weighted by molar-refractivity contribution is -0.931. The highest BCUT2D eigenvalue weighted by molar-refractivity contribution is 5.54. The SMILES string of the molecule is COc1ccc(-c2nnc([C@H](C)[NH+]3CCN(c4cccc(OC)c4)CC3)o2)cc1. The van der Waals surface area contributed by atoms with Crippen LogP contribution >= 0.6 is 0 Å². The Labute approximate surface area is 170 Å². The highest BCUT2D eigenvalue weighted by atomic mass is 16.5. The van der Waals surface area contributed by atoms with Crippen molar-refractivity contribution in [3.8, 4) is 23.0 Å². The van der Waals surface area contributed by atoms with Gasteiger partial charge in [0.15, 0.2) is 6.04 Å². The fraction of sp³-hybridized carbons (Fsp3) is 0.364. The maximum Gasteiger partial charge on any atom is 0.274 e. The Morgan fingerprint density at radius 1 is 0.966 bits per heavy atom. The van der Waals surface area contributed by atoms with E-state index in [9.17, 15) is 0 Å². The van der Waals surface area contributed by atoms with E-state index in [0.29, 0.717) is 11.8 Å². The van der Waals surface area contributed by atoms with Crippen molar-refractivity contribution in [3.63, 3.8) is 0 Å². The van der Waals surface area contributed by atoms with Crippen LogP contribution in [-0.2, 0) is 0 Å². The van der Waals surface area contributed by atoms with Crippen molar-refractivity contribution in [1.29, 1.82) is 0 Å². The molecule has 2 heterocycles. The van der Waals surface area contributed by atoms with E-state index in [4.69, 9.17) is 13.9 Å². The maximum absolute atomic E-state index is 5.99. The second-order valence-corrected chi connectivity index (χ2v) is 7.24. The van der Waals surface area contributed by atoms with Crippen LogP contribution in [0.4, 0.5) is 5.69 Å². The van der Waals surface area contributed by atoms with E-state index >= 15 is 0 Å². The zero-order chi connectivity index (χ0) is 20.2. The summed E-state index contributed by atoms with van der Waals surface area (Å²) in [5, 5.41) is 8.56. The number of nitrogens with zero attached hydrogens (tertiary/aromatic N) is 3. The first-order valence-corrected chi connectivity index (χ1v) is 9.89. The van der Waals surface area contributed by atoms with Crippen LogP contribution in [0.1, 0.15) is 18.9 Å². The predicted molar refractivity (Wildman–Crippen MR) is 111 cm³/mol. The molecule has 0 amide bonds. The van der Waals surface area contributed by atoms with Crippen LogP contribution in [0.2, 0.25) is 0 Å². The molecule has 1 atom stereocenters. The summed E-state index contributed by atoms with van der Waals surface area (Å²) in [6, 6.07) is 16.0. The molecule has 4 rings (SSSR count). The first kappa shape index (κ1) is 19.3. The number of hydrogen-bond acceptors (Lipinski definition) is 6. The third-order valence-corrected chi connectivity index (χ3v) is 5.58. The molecule has 29 heavy (non-hydrogen) atoms. The fourth-order valence-corrected chi connectivity index (χ4v) is 3.73. The van der Waals surface area contributed by atoms with Gasteiger partial charge in [-0.2, -0.15) is 0 Å². The molecule has 7 heteroatoms. The molecule has 1 saturated heterocycles. The Hall–Kier alpha value is -3.06. The first-order chi connectivity index (χ1) is 14.2. The minimum Gasteiger partial charge on any atom is -0.497 e. The summed E-state index contributed by atoms with van der Waals surface area (Å²) in [4.78, 5) is 3.85. The fourth-order valence-electron chi connectivity index (χ4n) is 3.73. The van der Waals surface area contributed by atoms with Crippen molar-refractivity contribution in [1.82, 2.24) is 10.2 Å². The van der Waals surface area contributed by atoms with Gasteiger partial charge in [0.2, 0.25) is 5.89 Å². The molecule has 0 saturated carbocycles. The number of ether oxygens (including phenoxy) is 2. The third kappa shape index (κ3) is 4.19. The number of benzene rings is 2. The van der Waals surface area contributed by atoms with Crippen LogP contribution < -0.4 is 19.3 Å². The lowest BCUT2D eigenvalue weighted by atomic mass is 10.2. The summed E-state index contributed by atoms with van der Waals surface area (Å²) in [5.41, 5.74) is 2.10. The number of piperazine rings is 1. The molecule has 0 bridgehead atoms. The number of nitrogens with one attached hydrogen (secondary N) is 1. The van der Waals surface area contributed by atoms with Gasteiger partial charge in [-0.1, -0.05) is 6.07 Å². The minimum atomic E-state index is 0.155. The molecule has 1 aliphatic heterocycles. The second-order valence-electron chi connectivity index (χ2n) is 7.24. The highest BCUT2D eigenvalue weighted by Crippen LogP contribution is 2.23. The molecule has 152 valence electrons. The molecular weight excluding hydrogens is 368 g/mol. The van der Waals surface area contributed by atoms with Gasteiger partial charge >= 0.3 is 0 Å². The van der Waals surface area contributed by atoms with Crippen molar-refractivity contribution >= 4 is 5.69 Å². The van der Waals surface area contributed by atoms with Crippen molar-refractivity contribution in [2.45, 2.75) is 13.0 Å². The Bertz CT molecular complexity index is 933. The van der Waals surface area contributed by atoms with E-state index < -0.39 is 0 Å². The molecule has 1 fully saturated rings. The number of anilines is 1. The summed E-state index contributed by atoms with van der Waals surface area (Å²) < 4.78 is 16.5. The molecule has 0 unspecified atom stereocenters. The molecular formula is C22H27N4O3+. The van der Waals surface area contributed by atoms with E-state index in [0.717, 1.165) is 43.2 Å². The molecule has 0 radical (unpaired) electrons. The van der Waals surface area contributed by atoms with Crippen molar-refractivity contribution in [2.24, 2.45) is 0 Å². The number of hydrogen-bond donors (Lipinski definition) is 1. The topological polar surface area (TPSA) is 65.1 Å². The smallest absolute Gasteiger partial charge is 0.274 e. The van der Waals surface area contributed by atoms with Gasteiger partial charge in [0.1, 0.15) is 11.5 Å². The van der Waals surface area contributed by atoms with Crippen LogP contribution in [0.5, 0.6) is 11.5 Å². The number of methoxy groups -OCH3 is 2. The van der Waals surface area contributed by atoms with Crippen molar-refractivity contribution in [2.75, 3.05) is 45.3 Å². The lowest BCUT2D eigenvalue weighted by Crippen LogP contribution is -3.14. The quantitative estimate of drug-likeness (QED) is 0.691. The van der Waals surface area contributed by atoms with Gasteiger partial charge in [0.05, 0.1) is 40.4 Å². The van der Waals surface area contributed by atoms with E-state index in [2.05, 4.69) is 34.2 Å². The standard InChI is InChI=1S/C22H26N4O3/c1-16(21-23-24-22(29-21)17-7-9-19(27-2)10-8-17)25-11-13-26(14-12-25)18-5-4-6-20(15-18)28-3/h4-10,15-16H,11-14H2,1-3H3/p+1/t16-/m0/s1. The van der Waals surface area contributed by atoms with E-state index in [1.807, 2.05) is 36.4 Å². The average molecular weight is 395 g/mol. The molecule has 1 aromatic heterocycles. The van der Waals surface area contributed by atoms with Gasteiger partial charge in [-0.25, -0.2) is 0 Å². The van der Waals surface area contributed by atoms with Gasteiger partial charge in [-0.3, -0.25) is 0 Å². The van der Waals surface area contributed by atoms with Crippen LogP contribution in [0.25, 0.3) is 11.5 Å². The number of aromatic nitrogens is 2. The molecule has 7 nitrogen and oxygen atoms in total. The predicted octanol–water partition coefficient (Wildman–Crippen LogP) is 2.22. The highest BCUT2D eigenvalue weighted by Gasteiger charge is 2.29. The number of rotatable bonds is 6. The largest absolute Gasteiger partial charge is 0.497 e. The average Bonchev–Trinajstić information content (AvgIpc) is 3.29. The van der Waals surface area contributed by atoms with Gasteiger partial charge in [0, 0.05) is 17.3 Å². The van der Waals surface area contributed by atoms with Crippen molar-refractivity contribution in [3.05, 3.63) is 54.4 Å². The summed E-state index contributed by atoms with van der Waals surface area (Å²) in [6.45, 7) is 6.14. The third-order valence-electron chi connectivity index (χ3n) is 5.58. The molecule has 3 aromatic rings. The summed E-state index contributed by atoms with van der Waals surface area (Å²) >= 11 is 0. The van der Waals surface area contributed by atoms with Crippen molar-refractivity contribution < 1.29 is 18.8 Å². The summed E-state index contributed by atoms with van der Waals surface area (Å²) in [7, 11) is 3.35. The normalized spacial score (nSPS) is 15.9. The summed E-state index contributed by atoms with van der Waals surface area (Å²) in [5.74, 6) is 2.92. The first-order valence-electron chi connectivity index (χ1n) is 9.89. The minimum absolute atomic E-state index is 0.155. The second kappa shape index (κ2) is 8.53.